The Morgan fingerprint density at radius 3 is 3.04 bits per heavy atom. The van der Waals surface area contributed by atoms with E-state index in [0.717, 1.165) is 34.9 Å². The van der Waals surface area contributed by atoms with E-state index in [1.54, 1.807) is 35.7 Å². The predicted octanol–water partition coefficient (Wildman–Crippen LogP) is 3.36. The highest BCUT2D eigenvalue weighted by Gasteiger charge is 2.27. The van der Waals surface area contributed by atoms with Crippen molar-refractivity contribution >= 4 is 32.7 Å². The number of carbonyl (C=O) groups excluding carboxylic acids is 1. The van der Waals surface area contributed by atoms with Gasteiger partial charge in [-0.15, -0.1) is 0 Å². The fourth-order valence-electron chi connectivity index (χ4n) is 3.23. The van der Waals surface area contributed by atoms with Crippen LogP contribution in [0.4, 0.5) is 9.52 Å². The third kappa shape index (κ3) is 3.53. The molecule has 26 heavy (non-hydrogen) atoms. The number of thiazole rings is 1. The lowest BCUT2D eigenvalue weighted by Gasteiger charge is -2.31. The lowest BCUT2D eigenvalue weighted by Crippen LogP contribution is -2.43. The van der Waals surface area contributed by atoms with Gasteiger partial charge < -0.3 is 10.2 Å². The van der Waals surface area contributed by atoms with Crippen molar-refractivity contribution in [1.29, 1.82) is 0 Å². The summed E-state index contributed by atoms with van der Waals surface area (Å²) in [6.07, 6.45) is 3.53. The van der Waals surface area contributed by atoms with Gasteiger partial charge in [-0.1, -0.05) is 29.5 Å². The molecule has 1 aliphatic rings. The van der Waals surface area contributed by atoms with E-state index >= 15 is 0 Å². The second-order valence-corrected chi connectivity index (χ2v) is 7.37. The summed E-state index contributed by atoms with van der Waals surface area (Å²) in [7, 11) is 0. The SMILES string of the molecule is O=C(NCc1ccccc1F)[C@H]1CCCN(c2nc3cccnc3s2)C1. The molecule has 134 valence electrons. The number of hydrogen-bond donors (Lipinski definition) is 1. The van der Waals surface area contributed by atoms with Gasteiger partial charge in [0, 0.05) is 31.4 Å². The standard InChI is InChI=1S/C19H19FN4OS/c20-15-7-2-1-5-13(15)11-22-17(25)14-6-4-10-24(12-14)19-23-16-8-3-9-21-18(16)26-19/h1-3,5,7-9,14H,4,6,10-12H2,(H,22,25)/t14-/m0/s1. The molecule has 0 unspecified atom stereocenters. The van der Waals surface area contributed by atoms with Gasteiger partial charge in [-0.2, -0.15) is 0 Å². The molecular formula is C19H19FN4OS. The van der Waals surface area contributed by atoms with Gasteiger partial charge >= 0.3 is 0 Å². The number of fused-ring (bicyclic) bond motifs is 1. The molecule has 1 aliphatic heterocycles. The molecule has 0 radical (unpaired) electrons. The highest BCUT2D eigenvalue weighted by Crippen LogP contribution is 2.30. The van der Waals surface area contributed by atoms with Crippen LogP contribution in [0.5, 0.6) is 0 Å². The van der Waals surface area contributed by atoms with E-state index in [2.05, 4.69) is 20.2 Å². The maximum atomic E-state index is 13.7. The number of nitrogens with one attached hydrogen (secondary N) is 1. The first kappa shape index (κ1) is 16.9. The fourth-order valence-corrected chi connectivity index (χ4v) is 4.17. The van der Waals surface area contributed by atoms with Gasteiger partial charge in [0.25, 0.3) is 0 Å². The first-order chi connectivity index (χ1) is 12.7. The molecule has 3 aromatic rings. The molecule has 2 aromatic heterocycles. The van der Waals surface area contributed by atoms with Crippen LogP contribution in [0.15, 0.2) is 42.6 Å². The topological polar surface area (TPSA) is 58.1 Å². The van der Waals surface area contributed by atoms with Crippen LogP contribution in [-0.2, 0) is 11.3 Å². The summed E-state index contributed by atoms with van der Waals surface area (Å²) < 4.78 is 13.7. The van der Waals surface area contributed by atoms with Crippen molar-refractivity contribution in [3.05, 3.63) is 54.0 Å². The van der Waals surface area contributed by atoms with E-state index in [0.29, 0.717) is 12.1 Å². The smallest absolute Gasteiger partial charge is 0.225 e. The van der Waals surface area contributed by atoms with E-state index in [9.17, 15) is 9.18 Å². The normalized spacial score (nSPS) is 17.4. The summed E-state index contributed by atoms with van der Waals surface area (Å²) in [5, 5.41) is 3.78. The molecule has 0 bridgehead atoms. The minimum atomic E-state index is -0.292. The summed E-state index contributed by atoms with van der Waals surface area (Å²) in [6.45, 7) is 1.73. The highest BCUT2D eigenvalue weighted by atomic mass is 32.1. The van der Waals surface area contributed by atoms with E-state index in [-0.39, 0.29) is 24.2 Å². The predicted molar refractivity (Wildman–Crippen MR) is 101 cm³/mol. The summed E-state index contributed by atoms with van der Waals surface area (Å²) in [5.41, 5.74) is 1.39. The van der Waals surface area contributed by atoms with Crippen LogP contribution in [0.3, 0.4) is 0 Å². The van der Waals surface area contributed by atoms with Crippen LogP contribution in [-0.4, -0.2) is 29.0 Å². The maximum absolute atomic E-state index is 13.7. The molecule has 1 saturated heterocycles. The van der Waals surface area contributed by atoms with Gasteiger partial charge in [-0.25, -0.2) is 14.4 Å². The zero-order valence-electron chi connectivity index (χ0n) is 14.2. The number of carbonyl (C=O) groups is 1. The average Bonchev–Trinajstić information content (AvgIpc) is 3.11. The monoisotopic (exact) mass is 370 g/mol. The van der Waals surface area contributed by atoms with Crippen molar-refractivity contribution in [2.45, 2.75) is 19.4 Å². The maximum Gasteiger partial charge on any atom is 0.225 e. The second kappa shape index (κ2) is 7.37. The fraction of sp³-hybridized carbons (Fsp3) is 0.316. The number of nitrogens with zero attached hydrogens (tertiary/aromatic N) is 3. The van der Waals surface area contributed by atoms with E-state index in [1.807, 2.05) is 12.1 Å². The largest absolute Gasteiger partial charge is 0.352 e. The van der Waals surface area contributed by atoms with Crippen molar-refractivity contribution < 1.29 is 9.18 Å². The van der Waals surface area contributed by atoms with Crippen LogP contribution >= 0.6 is 11.3 Å². The molecule has 1 fully saturated rings. The number of pyridine rings is 1. The third-order valence-electron chi connectivity index (χ3n) is 4.63. The van der Waals surface area contributed by atoms with Crippen LogP contribution in [0.2, 0.25) is 0 Å². The summed E-state index contributed by atoms with van der Waals surface area (Å²) in [5.74, 6) is -0.437. The Labute approximate surface area is 154 Å². The molecule has 0 saturated carbocycles. The van der Waals surface area contributed by atoms with E-state index in [1.165, 1.54) is 6.07 Å². The van der Waals surface area contributed by atoms with Gasteiger partial charge in [0.15, 0.2) is 5.13 Å². The minimum Gasteiger partial charge on any atom is -0.352 e. The van der Waals surface area contributed by atoms with E-state index in [4.69, 9.17) is 0 Å². The molecule has 4 rings (SSSR count). The molecule has 1 N–H and O–H groups in total. The lowest BCUT2D eigenvalue weighted by molar-refractivity contribution is -0.125. The van der Waals surface area contributed by atoms with Crippen LogP contribution in [0, 0.1) is 11.7 Å². The van der Waals surface area contributed by atoms with Crippen molar-refractivity contribution in [2.24, 2.45) is 5.92 Å². The number of amides is 1. The Morgan fingerprint density at radius 1 is 1.31 bits per heavy atom. The van der Waals surface area contributed by atoms with Crippen LogP contribution < -0.4 is 10.2 Å². The molecular weight excluding hydrogens is 351 g/mol. The number of benzene rings is 1. The summed E-state index contributed by atoms with van der Waals surface area (Å²) in [6, 6.07) is 10.3. The molecule has 3 heterocycles. The number of halogens is 1. The Hall–Kier alpha value is -2.54. The van der Waals surface area contributed by atoms with Gasteiger partial charge in [-0.05, 0) is 31.0 Å². The number of anilines is 1. The third-order valence-corrected chi connectivity index (χ3v) is 5.67. The van der Waals surface area contributed by atoms with Crippen molar-refractivity contribution in [3.8, 4) is 0 Å². The molecule has 0 spiro atoms. The Bertz CT molecular complexity index is 896. The quantitative estimate of drug-likeness (QED) is 0.765. The summed E-state index contributed by atoms with van der Waals surface area (Å²) >= 11 is 1.55. The van der Waals surface area contributed by atoms with Gasteiger partial charge in [0.05, 0.1) is 5.92 Å². The molecule has 1 amide bonds. The molecule has 7 heteroatoms. The van der Waals surface area contributed by atoms with Gasteiger partial charge in [-0.3, -0.25) is 4.79 Å². The minimum absolute atomic E-state index is 0.0304. The average molecular weight is 370 g/mol. The van der Waals surface area contributed by atoms with E-state index < -0.39 is 0 Å². The number of aromatic nitrogens is 2. The zero-order chi connectivity index (χ0) is 17.9. The van der Waals surface area contributed by atoms with Crippen LogP contribution in [0.1, 0.15) is 18.4 Å². The summed E-state index contributed by atoms with van der Waals surface area (Å²) in [4.78, 5) is 24.6. The van der Waals surface area contributed by atoms with Gasteiger partial charge in [0.2, 0.25) is 5.91 Å². The van der Waals surface area contributed by atoms with Crippen molar-refractivity contribution in [2.75, 3.05) is 18.0 Å². The number of piperidine rings is 1. The second-order valence-electron chi connectivity index (χ2n) is 6.42. The first-order valence-electron chi connectivity index (χ1n) is 8.68. The Balaban J connectivity index is 1.41. The molecule has 1 atom stereocenters. The molecule has 1 aromatic carbocycles. The Kier molecular flexibility index (Phi) is 4.79. The highest BCUT2D eigenvalue weighted by molar-refractivity contribution is 7.21. The molecule has 5 nitrogen and oxygen atoms in total. The first-order valence-corrected chi connectivity index (χ1v) is 9.50. The molecule has 0 aliphatic carbocycles. The number of rotatable bonds is 4. The van der Waals surface area contributed by atoms with Crippen LogP contribution in [0.25, 0.3) is 10.3 Å². The van der Waals surface area contributed by atoms with Crippen molar-refractivity contribution in [1.82, 2.24) is 15.3 Å². The Morgan fingerprint density at radius 2 is 2.19 bits per heavy atom. The van der Waals surface area contributed by atoms with Gasteiger partial charge in [0.1, 0.15) is 16.2 Å². The number of hydrogen-bond acceptors (Lipinski definition) is 5. The zero-order valence-corrected chi connectivity index (χ0v) is 15.0. The van der Waals surface area contributed by atoms with Crippen molar-refractivity contribution in [3.63, 3.8) is 0 Å². The lowest BCUT2D eigenvalue weighted by atomic mass is 9.97.